The highest BCUT2D eigenvalue weighted by atomic mass is 35.5. The third-order valence-corrected chi connectivity index (χ3v) is 10.5. The van der Waals surface area contributed by atoms with E-state index in [-0.39, 0.29) is 30.3 Å². The molecule has 0 aromatic heterocycles. The molecule has 1 spiro atoms. The minimum Gasteiger partial charge on any atom is -0.359 e. The molecule has 3 fully saturated rings. The summed E-state index contributed by atoms with van der Waals surface area (Å²) < 4.78 is 6.48. The van der Waals surface area contributed by atoms with E-state index in [1.165, 1.54) is 0 Å². The fourth-order valence-electron chi connectivity index (χ4n) is 7.19. The van der Waals surface area contributed by atoms with Crippen molar-refractivity contribution < 1.29 is 19.1 Å². The van der Waals surface area contributed by atoms with E-state index in [2.05, 4.69) is 24.5 Å². The molecule has 0 radical (unpaired) electrons. The summed E-state index contributed by atoms with van der Waals surface area (Å²) in [6, 6.07) is 11.7. The smallest absolute Gasteiger partial charge is 0.246 e. The van der Waals surface area contributed by atoms with Gasteiger partial charge in [-0.2, -0.15) is 0 Å². The molecular formula is C32H35Cl2N3O4. The monoisotopic (exact) mass is 595 g/mol. The van der Waals surface area contributed by atoms with Gasteiger partial charge in [0.15, 0.2) is 0 Å². The Labute approximate surface area is 250 Å². The number of hydrogen-bond donors (Lipinski definition) is 2. The van der Waals surface area contributed by atoms with Crippen LogP contribution in [-0.4, -0.2) is 46.4 Å². The number of ether oxygens (including phenoxy) is 1. The van der Waals surface area contributed by atoms with Crippen molar-refractivity contribution in [2.45, 2.75) is 70.4 Å². The number of amides is 3. The van der Waals surface area contributed by atoms with Crippen molar-refractivity contribution in [2.75, 3.05) is 5.32 Å². The van der Waals surface area contributed by atoms with Gasteiger partial charge in [0.25, 0.3) is 0 Å². The van der Waals surface area contributed by atoms with Gasteiger partial charge in [-0.25, -0.2) is 0 Å². The number of hydrogen-bond acceptors (Lipinski definition) is 4. The number of aryl methyl sites for hydroxylation is 1. The molecule has 4 aliphatic rings. The van der Waals surface area contributed by atoms with E-state index in [4.69, 9.17) is 27.9 Å². The molecule has 8 unspecified atom stereocenters. The zero-order chi connectivity index (χ0) is 29.1. The van der Waals surface area contributed by atoms with Crippen LogP contribution in [0.15, 0.2) is 54.6 Å². The molecule has 2 N–H and O–H groups in total. The van der Waals surface area contributed by atoms with E-state index in [9.17, 15) is 14.4 Å². The second kappa shape index (κ2) is 10.8. The van der Waals surface area contributed by atoms with Crippen LogP contribution in [0.2, 0.25) is 10.0 Å². The summed E-state index contributed by atoms with van der Waals surface area (Å²) in [6.07, 6.45) is 6.10. The van der Waals surface area contributed by atoms with Crippen LogP contribution in [-0.2, 0) is 25.7 Å². The summed E-state index contributed by atoms with van der Waals surface area (Å²) in [5.74, 6) is -1.72. The molecule has 216 valence electrons. The number of halogens is 2. The Balaban J connectivity index is 1.34. The van der Waals surface area contributed by atoms with Gasteiger partial charge in [0.05, 0.1) is 17.9 Å². The maximum atomic E-state index is 14.3. The average molecular weight is 597 g/mol. The Morgan fingerprint density at radius 1 is 1.07 bits per heavy atom. The molecule has 2 bridgehead atoms. The first-order valence-corrected chi connectivity index (χ1v) is 15.1. The van der Waals surface area contributed by atoms with Crippen LogP contribution in [0.25, 0.3) is 0 Å². The normalized spacial score (nSPS) is 33.6. The molecule has 2 aromatic rings. The summed E-state index contributed by atoms with van der Waals surface area (Å²) in [5.41, 5.74) is 0.917. The number of rotatable bonds is 6. The molecule has 9 heteroatoms. The summed E-state index contributed by atoms with van der Waals surface area (Å²) in [7, 11) is 0. The lowest BCUT2D eigenvalue weighted by Crippen LogP contribution is -2.57. The molecule has 41 heavy (non-hydrogen) atoms. The molecule has 2 saturated heterocycles. The summed E-state index contributed by atoms with van der Waals surface area (Å²) >= 11 is 12.8. The largest absolute Gasteiger partial charge is 0.359 e. The lowest BCUT2D eigenvalue weighted by molar-refractivity contribution is -0.142. The maximum absolute atomic E-state index is 14.3. The van der Waals surface area contributed by atoms with Crippen molar-refractivity contribution in [1.29, 1.82) is 0 Å². The number of fused-ring (bicyclic) bond motifs is 1. The number of carbonyl (C=O) groups is 3. The Kier molecular flexibility index (Phi) is 7.41. The van der Waals surface area contributed by atoms with Crippen molar-refractivity contribution >= 4 is 46.6 Å². The quantitative estimate of drug-likeness (QED) is 0.430. The summed E-state index contributed by atoms with van der Waals surface area (Å²) in [4.78, 5) is 43.7. The molecule has 3 aliphatic heterocycles. The van der Waals surface area contributed by atoms with Gasteiger partial charge in [0.1, 0.15) is 11.6 Å². The van der Waals surface area contributed by atoms with E-state index in [1.807, 2.05) is 43.3 Å². The number of benzene rings is 2. The zero-order valence-electron chi connectivity index (χ0n) is 23.4. The highest BCUT2D eigenvalue weighted by molar-refractivity contribution is 6.31. The molecule has 8 atom stereocenters. The van der Waals surface area contributed by atoms with Crippen molar-refractivity contribution in [3.05, 3.63) is 75.8 Å². The van der Waals surface area contributed by atoms with E-state index >= 15 is 0 Å². The topological polar surface area (TPSA) is 87.7 Å². The second-order valence-electron chi connectivity index (χ2n) is 12.1. The standard InChI is InChI=1S/C32H35Cl2N3O4/c1-17-7-6-10-24(19(17)3)36-30(39)28-32-14-13-25(41-32)26(29(38)35-21-12-11-18(2)23(34)15-21)27(32)31(40)37(28)16-20-8-4-5-9-22(20)33/h4-5,8-9,11-15,17,19,24-28H,6-7,10,16H2,1-3H3,(H,35,38)(H,36,39). The van der Waals surface area contributed by atoms with Gasteiger partial charge in [-0.15, -0.1) is 0 Å². The number of likely N-dealkylation sites (tertiary alicyclic amines) is 1. The second-order valence-corrected chi connectivity index (χ2v) is 12.9. The minimum atomic E-state index is -1.25. The van der Waals surface area contributed by atoms with Crippen LogP contribution >= 0.6 is 23.2 Å². The Morgan fingerprint density at radius 3 is 2.61 bits per heavy atom. The Bertz CT molecular complexity index is 1430. The zero-order valence-corrected chi connectivity index (χ0v) is 24.9. The third kappa shape index (κ3) is 4.76. The first-order valence-electron chi connectivity index (χ1n) is 14.4. The Morgan fingerprint density at radius 2 is 1.85 bits per heavy atom. The van der Waals surface area contributed by atoms with Crippen molar-refractivity contribution in [3.8, 4) is 0 Å². The van der Waals surface area contributed by atoms with Crippen molar-refractivity contribution in [2.24, 2.45) is 23.7 Å². The summed E-state index contributed by atoms with van der Waals surface area (Å²) in [5, 5.41) is 7.26. The van der Waals surface area contributed by atoms with E-state index < -0.39 is 29.6 Å². The average Bonchev–Trinajstić information content (AvgIpc) is 3.58. The maximum Gasteiger partial charge on any atom is 0.246 e. The minimum absolute atomic E-state index is 0.00642. The van der Waals surface area contributed by atoms with Crippen LogP contribution in [0.3, 0.4) is 0 Å². The van der Waals surface area contributed by atoms with Gasteiger partial charge in [-0.1, -0.05) is 86.3 Å². The molecule has 1 aliphatic carbocycles. The van der Waals surface area contributed by atoms with E-state index in [0.717, 1.165) is 30.4 Å². The molecule has 1 saturated carbocycles. The van der Waals surface area contributed by atoms with Gasteiger partial charge < -0.3 is 20.3 Å². The number of anilines is 1. The van der Waals surface area contributed by atoms with Crippen LogP contribution in [0.1, 0.15) is 44.2 Å². The van der Waals surface area contributed by atoms with Gasteiger partial charge in [-0.05, 0) is 54.5 Å². The van der Waals surface area contributed by atoms with Gasteiger partial charge in [-0.3, -0.25) is 14.4 Å². The predicted molar refractivity (Wildman–Crippen MR) is 158 cm³/mol. The Hall–Kier alpha value is -2.87. The number of carbonyl (C=O) groups excluding carboxylic acids is 3. The molecule has 6 rings (SSSR count). The van der Waals surface area contributed by atoms with Gasteiger partial charge in [0.2, 0.25) is 17.7 Å². The third-order valence-electron chi connectivity index (χ3n) is 9.70. The first kappa shape index (κ1) is 28.3. The summed E-state index contributed by atoms with van der Waals surface area (Å²) in [6.45, 7) is 6.41. The van der Waals surface area contributed by atoms with Crippen molar-refractivity contribution in [3.63, 3.8) is 0 Å². The van der Waals surface area contributed by atoms with Gasteiger partial charge in [0, 0.05) is 28.3 Å². The molecule has 3 heterocycles. The van der Waals surface area contributed by atoms with Crippen LogP contribution in [0.5, 0.6) is 0 Å². The highest BCUT2D eigenvalue weighted by Crippen LogP contribution is 2.55. The van der Waals surface area contributed by atoms with E-state index in [0.29, 0.717) is 27.6 Å². The lowest BCUT2D eigenvalue weighted by atomic mass is 9.73. The first-order chi connectivity index (χ1) is 19.6. The van der Waals surface area contributed by atoms with Crippen LogP contribution in [0, 0.1) is 30.6 Å². The highest BCUT2D eigenvalue weighted by Gasteiger charge is 2.72. The predicted octanol–water partition coefficient (Wildman–Crippen LogP) is 5.53. The fraction of sp³-hybridized carbons (Fsp3) is 0.469. The van der Waals surface area contributed by atoms with Crippen molar-refractivity contribution in [1.82, 2.24) is 10.2 Å². The van der Waals surface area contributed by atoms with E-state index in [1.54, 1.807) is 23.1 Å². The fourth-order valence-corrected chi connectivity index (χ4v) is 7.57. The van der Waals surface area contributed by atoms with Crippen LogP contribution in [0.4, 0.5) is 5.69 Å². The number of nitrogens with one attached hydrogen (secondary N) is 2. The SMILES string of the molecule is Cc1ccc(NC(=O)C2C3C=CC4(O3)C2C(=O)N(Cc2ccccc2Cl)C4C(=O)NC2CCCC(C)C2C)cc1Cl. The number of nitrogens with zero attached hydrogens (tertiary/aromatic N) is 1. The molecular weight excluding hydrogens is 561 g/mol. The molecule has 3 amide bonds. The molecule has 7 nitrogen and oxygen atoms in total. The lowest BCUT2D eigenvalue weighted by Gasteiger charge is -2.38. The van der Waals surface area contributed by atoms with Gasteiger partial charge >= 0.3 is 0 Å². The molecule has 2 aromatic carbocycles. The van der Waals surface area contributed by atoms with Crippen LogP contribution < -0.4 is 10.6 Å².